The maximum Gasteiger partial charge on any atom is 0.276 e. The lowest BCUT2D eigenvalue weighted by Crippen LogP contribution is -2.51. The molecule has 4 rings (SSSR count). The second-order valence-electron chi connectivity index (χ2n) is 8.37. The number of carbonyl (C=O) groups is 2. The molecule has 3 heterocycles. The number of aromatic nitrogens is 1. The zero-order valence-electron chi connectivity index (χ0n) is 15.7. The minimum absolute atomic E-state index is 0.106. The van der Waals surface area contributed by atoms with Gasteiger partial charge in [-0.1, -0.05) is 19.3 Å². The Bertz CT molecular complexity index is 680. The molecule has 2 amide bonds. The van der Waals surface area contributed by atoms with Crippen LogP contribution in [-0.2, 0) is 4.79 Å². The molecule has 1 atom stereocenters. The van der Waals surface area contributed by atoms with Gasteiger partial charge in [0, 0.05) is 26.2 Å². The summed E-state index contributed by atoms with van der Waals surface area (Å²) in [6, 6.07) is 0. The Kier molecular flexibility index (Phi) is 4.76. The molecule has 2 aliphatic heterocycles. The standard InChI is InChI=1S/C20H29N3O3/c1-15-17(21-14-26-15)18(24)23-11-9-20(13-23)8-5-10-22(19(20)25)12-16-6-3-2-4-7-16/h14,16H,2-13H2,1H3. The highest BCUT2D eigenvalue weighted by Crippen LogP contribution is 2.41. The van der Waals surface area contributed by atoms with Crippen molar-refractivity contribution in [3.05, 3.63) is 17.8 Å². The molecule has 3 fully saturated rings. The van der Waals surface area contributed by atoms with E-state index in [1.165, 1.54) is 38.5 Å². The molecule has 6 nitrogen and oxygen atoms in total. The number of amides is 2. The maximum atomic E-state index is 13.3. The van der Waals surface area contributed by atoms with Crippen LogP contribution in [0.4, 0.5) is 0 Å². The summed E-state index contributed by atoms with van der Waals surface area (Å²) in [7, 11) is 0. The maximum absolute atomic E-state index is 13.3. The third-order valence-electron chi connectivity index (χ3n) is 6.62. The van der Waals surface area contributed by atoms with Crippen LogP contribution < -0.4 is 0 Å². The lowest BCUT2D eigenvalue weighted by atomic mass is 9.77. The highest BCUT2D eigenvalue weighted by atomic mass is 16.3. The monoisotopic (exact) mass is 359 g/mol. The van der Waals surface area contributed by atoms with Crippen LogP contribution in [0.1, 0.15) is 67.6 Å². The number of carbonyl (C=O) groups excluding carboxylic acids is 2. The van der Waals surface area contributed by atoms with E-state index < -0.39 is 0 Å². The highest BCUT2D eigenvalue weighted by Gasteiger charge is 2.50. The van der Waals surface area contributed by atoms with Gasteiger partial charge in [-0.3, -0.25) is 9.59 Å². The fourth-order valence-corrected chi connectivity index (χ4v) is 5.09. The predicted molar refractivity (Wildman–Crippen MR) is 96.6 cm³/mol. The first-order valence-corrected chi connectivity index (χ1v) is 10.1. The van der Waals surface area contributed by atoms with Crippen LogP contribution in [0, 0.1) is 18.3 Å². The van der Waals surface area contributed by atoms with E-state index in [1.54, 1.807) is 11.8 Å². The van der Waals surface area contributed by atoms with Gasteiger partial charge in [0.15, 0.2) is 12.1 Å². The first-order chi connectivity index (χ1) is 12.6. The van der Waals surface area contributed by atoms with Crippen molar-refractivity contribution in [1.82, 2.24) is 14.8 Å². The van der Waals surface area contributed by atoms with Gasteiger partial charge in [0.1, 0.15) is 5.76 Å². The van der Waals surface area contributed by atoms with Crippen LogP contribution in [0.25, 0.3) is 0 Å². The molecule has 1 aliphatic carbocycles. The number of oxazole rings is 1. The number of nitrogens with zero attached hydrogens (tertiary/aromatic N) is 3. The first kappa shape index (κ1) is 17.6. The Morgan fingerprint density at radius 2 is 2.04 bits per heavy atom. The molecule has 1 saturated carbocycles. The highest BCUT2D eigenvalue weighted by molar-refractivity contribution is 5.94. The van der Waals surface area contributed by atoms with Gasteiger partial charge in [-0.15, -0.1) is 0 Å². The van der Waals surface area contributed by atoms with E-state index in [2.05, 4.69) is 9.88 Å². The third kappa shape index (κ3) is 3.14. The van der Waals surface area contributed by atoms with E-state index in [9.17, 15) is 9.59 Å². The summed E-state index contributed by atoms with van der Waals surface area (Å²) in [5.41, 5.74) is 0.00426. The molecule has 3 aliphatic rings. The van der Waals surface area contributed by atoms with E-state index >= 15 is 0 Å². The van der Waals surface area contributed by atoms with Crippen LogP contribution >= 0.6 is 0 Å². The molecule has 26 heavy (non-hydrogen) atoms. The van der Waals surface area contributed by atoms with E-state index in [-0.39, 0.29) is 17.2 Å². The Morgan fingerprint density at radius 3 is 2.77 bits per heavy atom. The lowest BCUT2D eigenvalue weighted by molar-refractivity contribution is -0.146. The Labute approximate surface area is 154 Å². The average Bonchev–Trinajstić information content (AvgIpc) is 3.27. The number of likely N-dealkylation sites (tertiary alicyclic amines) is 2. The van der Waals surface area contributed by atoms with Crippen molar-refractivity contribution in [2.24, 2.45) is 11.3 Å². The Morgan fingerprint density at radius 1 is 1.23 bits per heavy atom. The lowest BCUT2D eigenvalue weighted by Gasteiger charge is -2.41. The van der Waals surface area contributed by atoms with Crippen molar-refractivity contribution in [3.8, 4) is 0 Å². The average molecular weight is 359 g/mol. The molecule has 0 N–H and O–H groups in total. The van der Waals surface area contributed by atoms with E-state index in [0.717, 1.165) is 32.4 Å². The van der Waals surface area contributed by atoms with Gasteiger partial charge in [0.25, 0.3) is 5.91 Å². The molecule has 142 valence electrons. The molecule has 0 radical (unpaired) electrons. The normalized spacial score (nSPS) is 27.5. The molecule has 1 unspecified atom stereocenters. The van der Waals surface area contributed by atoms with Gasteiger partial charge in [-0.2, -0.15) is 0 Å². The molecule has 1 aromatic rings. The van der Waals surface area contributed by atoms with Crippen molar-refractivity contribution in [2.75, 3.05) is 26.2 Å². The first-order valence-electron chi connectivity index (χ1n) is 10.1. The topological polar surface area (TPSA) is 66.7 Å². The minimum atomic E-state index is -0.375. The summed E-state index contributed by atoms with van der Waals surface area (Å²) in [5, 5.41) is 0. The second-order valence-corrected chi connectivity index (χ2v) is 8.37. The number of piperidine rings is 1. The molecule has 0 aromatic carbocycles. The summed E-state index contributed by atoms with van der Waals surface area (Å²) >= 11 is 0. The van der Waals surface area contributed by atoms with Gasteiger partial charge >= 0.3 is 0 Å². The number of rotatable bonds is 3. The number of hydrogen-bond donors (Lipinski definition) is 0. The molecule has 1 spiro atoms. The SMILES string of the molecule is Cc1ocnc1C(=O)N1CCC2(CCCN(CC3CCCCC3)C2=O)C1. The third-order valence-corrected chi connectivity index (χ3v) is 6.62. The summed E-state index contributed by atoms with van der Waals surface area (Å²) < 4.78 is 5.17. The summed E-state index contributed by atoms with van der Waals surface area (Å²) in [5.74, 6) is 1.39. The van der Waals surface area contributed by atoms with Gasteiger partial charge in [-0.25, -0.2) is 4.98 Å². The van der Waals surface area contributed by atoms with Crippen LogP contribution in [0.2, 0.25) is 0 Å². The summed E-state index contributed by atoms with van der Waals surface area (Å²) in [6.45, 7) is 4.71. The van der Waals surface area contributed by atoms with Gasteiger partial charge < -0.3 is 14.2 Å². The Balaban J connectivity index is 1.43. The molecule has 1 aromatic heterocycles. The zero-order valence-corrected chi connectivity index (χ0v) is 15.7. The minimum Gasteiger partial charge on any atom is -0.448 e. The smallest absolute Gasteiger partial charge is 0.276 e. The van der Waals surface area contributed by atoms with Crippen molar-refractivity contribution in [3.63, 3.8) is 0 Å². The molecule has 6 heteroatoms. The van der Waals surface area contributed by atoms with Gasteiger partial charge in [-0.05, 0) is 44.9 Å². The Hall–Kier alpha value is -1.85. The predicted octanol–water partition coefficient (Wildman–Crippen LogP) is 3.02. The van der Waals surface area contributed by atoms with Crippen molar-refractivity contribution >= 4 is 11.8 Å². The van der Waals surface area contributed by atoms with Gasteiger partial charge in [0.2, 0.25) is 5.91 Å². The number of hydrogen-bond acceptors (Lipinski definition) is 4. The summed E-state index contributed by atoms with van der Waals surface area (Å²) in [6.07, 6.45) is 10.5. The summed E-state index contributed by atoms with van der Waals surface area (Å²) in [4.78, 5) is 34.0. The van der Waals surface area contributed by atoms with E-state index in [4.69, 9.17) is 4.42 Å². The quantitative estimate of drug-likeness (QED) is 0.832. The fraction of sp³-hybridized carbons (Fsp3) is 0.750. The van der Waals surface area contributed by atoms with Crippen LogP contribution in [-0.4, -0.2) is 52.8 Å². The van der Waals surface area contributed by atoms with Gasteiger partial charge in [0.05, 0.1) is 5.41 Å². The molecule has 0 bridgehead atoms. The van der Waals surface area contributed by atoms with E-state index in [0.29, 0.717) is 30.5 Å². The second kappa shape index (κ2) is 7.05. The van der Waals surface area contributed by atoms with Crippen molar-refractivity contribution < 1.29 is 14.0 Å². The van der Waals surface area contributed by atoms with Crippen molar-refractivity contribution in [2.45, 2.75) is 58.3 Å². The fourth-order valence-electron chi connectivity index (χ4n) is 5.09. The van der Waals surface area contributed by atoms with Crippen LogP contribution in [0.5, 0.6) is 0 Å². The molecular weight excluding hydrogens is 330 g/mol. The van der Waals surface area contributed by atoms with Crippen LogP contribution in [0.15, 0.2) is 10.8 Å². The van der Waals surface area contributed by atoms with E-state index in [1.807, 2.05) is 0 Å². The molecule has 2 saturated heterocycles. The largest absolute Gasteiger partial charge is 0.448 e. The van der Waals surface area contributed by atoms with Crippen LogP contribution in [0.3, 0.4) is 0 Å². The van der Waals surface area contributed by atoms with Crippen molar-refractivity contribution in [1.29, 1.82) is 0 Å². The zero-order chi connectivity index (χ0) is 18.1. The molecular formula is C20H29N3O3. The number of aryl methyl sites for hydroxylation is 1.